The molecule has 146 valence electrons. The van der Waals surface area contributed by atoms with Crippen LogP contribution in [-0.2, 0) is 17.6 Å². The molecule has 2 aromatic carbocycles. The summed E-state index contributed by atoms with van der Waals surface area (Å²) >= 11 is 0. The van der Waals surface area contributed by atoms with Gasteiger partial charge in [0, 0.05) is 31.8 Å². The molecule has 0 fully saturated rings. The highest BCUT2D eigenvalue weighted by atomic mass is 16.5. The van der Waals surface area contributed by atoms with Crippen molar-refractivity contribution in [3.63, 3.8) is 0 Å². The molecule has 0 aliphatic rings. The third kappa shape index (κ3) is 4.91. The Morgan fingerprint density at radius 3 is 2.61 bits per heavy atom. The fourth-order valence-electron chi connectivity index (χ4n) is 2.87. The third-order valence-corrected chi connectivity index (χ3v) is 4.38. The summed E-state index contributed by atoms with van der Waals surface area (Å²) in [5, 5.41) is 8.89. The number of oxazole rings is 1. The molecule has 0 unspecified atom stereocenters. The van der Waals surface area contributed by atoms with Gasteiger partial charge >= 0.3 is 5.97 Å². The van der Waals surface area contributed by atoms with Crippen molar-refractivity contribution < 1.29 is 19.1 Å². The van der Waals surface area contributed by atoms with Crippen LogP contribution in [0.15, 0.2) is 52.9 Å². The van der Waals surface area contributed by atoms with E-state index in [4.69, 9.17) is 14.3 Å². The lowest BCUT2D eigenvalue weighted by atomic mass is 10.1. The van der Waals surface area contributed by atoms with Gasteiger partial charge in [0.15, 0.2) is 0 Å². The number of aryl methyl sites for hydroxylation is 1. The van der Waals surface area contributed by atoms with Crippen molar-refractivity contribution in [2.75, 3.05) is 25.6 Å². The normalized spacial score (nSPS) is 10.7. The molecular weight excluding hydrogens is 356 g/mol. The number of hydrogen-bond acceptors (Lipinski definition) is 5. The SMILES string of the molecule is Cc1oc(-c2ccc(N(C)C)cc2)nc1CCOc1cccc(CC(=O)O)c1. The Morgan fingerprint density at radius 1 is 1.18 bits per heavy atom. The van der Waals surface area contributed by atoms with Gasteiger partial charge in [0.25, 0.3) is 0 Å². The van der Waals surface area contributed by atoms with E-state index in [2.05, 4.69) is 4.98 Å². The fraction of sp³-hybridized carbons (Fsp3) is 0.273. The molecule has 0 spiro atoms. The van der Waals surface area contributed by atoms with Gasteiger partial charge < -0.3 is 19.2 Å². The van der Waals surface area contributed by atoms with E-state index in [1.54, 1.807) is 18.2 Å². The van der Waals surface area contributed by atoms with Gasteiger partial charge in [-0.05, 0) is 48.9 Å². The van der Waals surface area contributed by atoms with Crippen LogP contribution < -0.4 is 9.64 Å². The second kappa shape index (κ2) is 8.61. The quantitative estimate of drug-likeness (QED) is 0.637. The summed E-state index contributed by atoms with van der Waals surface area (Å²) in [7, 11) is 4.00. The van der Waals surface area contributed by atoms with Crippen LogP contribution in [0.2, 0.25) is 0 Å². The van der Waals surface area contributed by atoms with Crippen LogP contribution >= 0.6 is 0 Å². The van der Waals surface area contributed by atoms with E-state index in [-0.39, 0.29) is 6.42 Å². The largest absolute Gasteiger partial charge is 0.493 e. The molecule has 0 amide bonds. The van der Waals surface area contributed by atoms with Crippen LogP contribution in [0.5, 0.6) is 5.75 Å². The van der Waals surface area contributed by atoms with Crippen LogP contribution in [0.25, 0.3) is 11.5 Å². The number of benzene rings is 2. The topological polar surface area (TPSA) is 75.8 Å². The van der Waals surface area contributed by atoms with E-state index < -0.39 is 5.97 Å². The van der Waals surface area contributed by atoms with Crippen molar-refractivity contribution in [3.8, 4) is 17.2 Å². The van der Waals surface area contributed by atoms with E-state index in [0.29, 0.717) is 30.2 Å². The second-order valence-electron chi connectivity index (χ2n) is 6.78. The summed E-state index contributed by atoms with van der Waals surface area (Å²) in [5.41, 5.74) is 3.62. The zero-order chi connectivity index (χ0) is 20.1. The van der Waals surface area contributed by atoms with Gasteiger partial charge in [-0.2, -0.15) is 0 Å². The maximum absolute atomic E-state index is 10.8. The molecule has 0 atom stereocenters. The van der Waals surface area contributed by atoms with Gasteiger partial charge in [-0.15, -0.1) is 0 Å². The Labute approximate surface area is 164 Å². The molecule has 28 heavy (non-hydrogen) atoms. The number of aromatic nitrogens is 1. The van der Waals surface area contributed by atoms with Gasteiger partial charge in [-0.1, -0.05) is 12.1 Å². The molecule has 1 N–H and O–H groups in total. The number of anilines is 1. The molecule has 0 aliphatic heterocycles. The van der Waals surface area contributed by atoms with E-state index >= 15 is 0 Å². The van der Waals surface area contributed by atoms with E-state index in [9.17, 15) is 4.79 Å². The average Bonchev–Trinajstić information content (AvgIpc) is 3.02. The van der Waals surface area contributed by atoms with Crippen LogP contribution in [0.1, 0.15) is 17.0 Å². The van der Waals surface area contributed by atoms with Gasteiger partial charge in [0.05, 0.1) is 18.7 Å². The summed E-state index contributed by atoms with van der Waals surface area (Å²) in [6, 6.07) is 15.2. The van der Waals surface area contributed by atoms with Crippen LogP contribution in [0.4, 0.5) is 5.69 Å². The van der Waals surface area contributed by atoms with Crippen molar-refractivity contribution >= 4 is 11.7 Å². The first-order valence-corrected chi connectivity index (χ1v) is 9.10. The van der Waals surface area contributed by atoms with Crippen molar-refractivity contribution in [2.45, 2.75) is 19.8 Å². The number of nitrogens with zero attached hydrogens (tertiary/aromatic N) is 2. The average molecular weight is 380 g/mol. The number of ether oxygens (including phenoxy) is 1. The first-order valence-electron chi connectivity index (χ1n) is 9.10. The molecule has 6 nitrogen and oxygen atoms in total. The summed E-state index contributed by atoms with van der Waals surface area (Å²) < 4.78 is 11.6. The van der Waals surface area contributed by atoms with Crippen molar-refractivity contribution in [1.82, 2.24) is 4.98 Å². The lowest BCUT2D eigenvalue weighted by Gasteiger charge is -2.11. The molecule has 3 rings (SSSR count). The maximum atomic E-state index is 10.8. The highest BCUT2D eigenvalue weighted by molar-refractivity contribution is 5.70. The van der Waals surface area contributed by atoms with E-state index in [1.807, 2.05) is 56.3 Å². The minimum absolute atomic E-state index is 0.0183. The fourth-order valence-corrected chi connectivity index (χ4v) is 2.87. The Morgan fingerprint density at radius 2 is 1.93 bits per heavy atom. The number of carboxylic acids is 1. The van der Waals surface area contributed by atoms with Gasteiger partial charge in [-0.3, -0.25) is 4.79 Å². The Bertz CT molecular complexity index is 945. The number of rotatable bonds is 8. The lowest BCUT2D eigenvalue weighted by molar-refractivity contribution is -0.136. The first-order chi connectivity index (χ1) is 13.4. The second-order valence-corrected chi connectivity index (χ2v) is 6.78. The molecule has 6 heteroatoms. The summed E-state index contributed by atoms with van der Waals surface area (Å²) in [5.74, 6) is 1.16. The molecular formula is C22H24N2O4. The maximum Gasteiger partial charge on any atom is 0.307 e. The van der Waals surface area contributed by atoms with E-state index in [1.165, 1.54) is 0 Å². The number of carbonyl (C=O) groups is 1. The van der Waals surface area contributed by atoms with E-state index in [0.717, 1.165) is 22.7 Å². The van der Waals surface area contributed by atoms with Crippen LogP contribution in [0, 0.1) is 6.92 Å². The van der Waals surface area contributed by atoms with Crippen molar-refractivity contribution in [2.24, 2.45) is 0 Å². The highest BCUT2D eigenvalue weighted by Crippen LogP contribution is 2.24. The highest BCUT2D eigenvalue weighted by Gasteiger charge is 2.12. The summed E-state index contributed by atoms with van der Waals surface area (Å²) in [4.78, 5) is 17.5. The van der Waals surface area contributed by atoms with Crippen molar-refractivity contribution in [1.29, 1.82) is 0 Å². The third-order valence-electron chi connectivity index (χ3n) is 4.38. The molecule has 0 saturated carbocycles. The minimum atomic E-state index is -0.860. The van der Waals surface area contributed by atoms with Crippen LogP contribution in [0.3, 0.4) is 0 Å². The molecule has 0 saturated heterocycles. The van der Waals surface area contributed by atoms with Crippen LogP contribution in [-0.4, -0.2) is 36.8 Å². The molecule has 1 aromatic heterocycles. The molecule has 0 bridgehead atoms. The lowest BCUT2D eigenvalue weighted by Crippen LogP contribution is -2.07. The van der Waals surface area contributed by atoms with Gasteiger partial charge in [-0.25, -0.2) is 4.98 Å². The Hall–Kier alpha value is -3.28. The van der Waals surface area contributed by atoms with Crippen molar-refractivity contribution in [3.05, 3.63) is 65.5 Å². The summed E-state index contributed by atoms with van der Waals surface area (Å²) in [6.07, 6.45) is 0.587. The zero-order valence-corrected chi connectivity index (χ0v) is 16.3. The predicted octanol–water partition coefficient (Wildman–Crippen LogP) is 3.96. The van der Waals surface area contributed by atoms with Gasteiger partial charge in [0.1, 0.15) is 11.5 Å². The zero-order valence-electron chi connectivity index (χ0n) is 16.3. The first kappa shape index (κ1) is 19.5. The number of hydrogen-bond donors (Lipinski definition) is 1. The Kier molecular flexibility index (Phi) is 5.99. The van der Waals surface area contributed by atoms with Gasteiger partial charge in [0.2, 0.25) is 5.89 Å². The molecule has 3 aromatic rings. The molecule has 0 radical (unpaired) electrons. The molecule has 1 heterocycles. The predicted molar refractivity (Wildman–Crippen MR) is 108 cm³/mol. The molecule has 0 aliphatic carbocycles. The number of aliphatic carboxylic acids is 1. The minimum Gasteiger partial charge on any atom is -0.493 e. The smallest absolute Gasteiger partial charge is 0.307 e. The standard InChI is InChI=1S/C22H24N2O4/c1-15-20(11-12-27-19-6-4-5-16(13-19)14-21(25)26)23-22(28-15)17-7-9-18(10-8-17)24(2)3/h4-10,13H,11-12,14H2,1-3H3,(H,25,26). The Balaban J connectivity index is 1.62. The summed E-state index contributed by atoms with van der Waals surface area (Å²) in [6.45, 7) is 2.33. The monoisotopic (exact) mass is 380 g/mol. The number of carboxylic acid groups (broad SMARTS) is 1.